The summed E-state index contributed by atoms with van der Waals surface area (Å²) in [6.45, 7) is -0.911. The van der Waals surface area contributed by atoms with Gasteiger partial charge in [0.1, 0.15) is 6.61 Å². The highest BCUT2D eigenvalue weighted by Gasteiger charge is 2.17. The molecule has 0 aliphatic carbocycles. The molecular formula is C19H19ClF2O6. The number of carbonyl (C=O) groups excluding carboxylic acids is 1. The van der Waals surface area contributed by atoms with Crippen LogP contribution >= 0.6 is 11.6 Å². The van der Waals surface area contributed by atoms with E-state index in [1.165, 1.54) is 44.6 Å². The molecule has 9 heteroatoms. The third-order valence-electron chi connectivity index (χ3n) is 3.57. The Bertz CT molecular complexity index is 828. The molecule has 28 heavy (non-hydrogen) atoms. The van der Waals surface area contributed by atoms with Crippen LogP contribution in [-0.4, -0.2) is 33.4 Å². The van der Waals surface area contributed by atoms with Gasteiger partial charge in [-0.15, -0.1) is 0 Å². The monoisotopic (exact) mass is 416 g/mol. The van der Waals surface area contributed by atoms with Gasteiger partial charge in [0.15, 0.2) is 23.0 Å². The molecule has 0 spiro atoms. The van der Waals surface area contributed by atoms with Crippen molar-refractivity contribution >= 4 is 17.6 Å². The zero-order valence-corrected chi connectivity index (χ0v) is 16.2. The van der Waals surface area contributed by atoms with Crippen molar-refractivity contribution in [3.63, 3.8) is 0 Å². The number of halogens is 3. The Kier molecular flexibility index (Phi) is 7.69. The molecule has 2 rings (SSSR count). The molecule has 0 N–H and O–H groups in total. The molecule has 0 atom stereocenters. The summed E-state index contributed by atoms with van der Waals surface area (Å²) in [6, 6.07) is 7.11. The Morgan fingerprint density at radius 1 is 1.07 bits per heavy atom. The Hall–Kier alpha value is -2.74. The van der Waals surface area contributed by atoms with Gasteiger partial charge in [-0.2, -0.15) is 8.78 Å². The fourth-order valence-electron chi connectivity index (χ4n) is 2.35. The van der Waals surface area contributed by atoms with Crippen molar-refractivity contribution in [2.75, 3.05) is 20.8 Å². The SMILES string of the molecule is CCOc1c(Cl)cc(C(=O)OCc2ccc(OC(F)F)c(OC)c2)cc1OC. The van der Waals surface area contributed by atoms with Crippen molar-refractivity contribution in [2.45, 2.75) is 20.1 Å². The third kappa shape index (κ3) is 5.39. The summed E-state index contributed by atoms with van der Waals surface area (Å²) in [5, 5.41) is 0.211. The second-order valence-corrected chi connectivity index (χ2v) is 5.77. The van der Waals surface area contributed by atoms with E-state index in [0.29, 0.717) is 23.7 Å². The van der Waals surface area contributed by atoms with Gasteiger partial charge < -0.3 is 23.7 Å². The molecular weight excluding hydrogens is 398 g/mol. The molecule has 2 aromatic rings. The van der Waals surface area contributed by atoms with E-state index in [2.05, 4.69) is 4.74 Å². The van der Waals surface area contributed by atoms with E-state index in [1.807, 2.05) is 0 Å². The topological polar surface area (TPSA) is 63.2 Å². The Morgan fingerprint density at radius 2 is 1.79 bits per heavy atom. The highest BCUT2D eigenvalue weighted by atomic mass is 35.5. The van der Waals surface area contributed by atoms with Crippen molar-refractivity contribution in [3.05, 3.63) is 46.5 Å². The van der Waals surface area contributed by atoms with Crippen LogP contribution in [0.2, 0.25) is 5.02 Å². The highest BCUT2D eigenvalue weighted by Crippen LogP contribution is 2.36. The van der Waals surface area contributed by atoms with Gasteiger partial charge in [0, 0.05) is 0 Å². The lowest BCUT2D eigenvalue weighted by Gasteiger charge is -2.13. The average molecular weight is 417 g/mol. The number of ether oxygens (including phenoxy) is 5. The first-order valence-electron chi connectivity index (χ1n) is 8.18. The summed E-state index contributed by atoms with van der Waals surface area (Å²) >= 11 is 6.15. The minimum Gasteiger partial charge on any atom is -0.493 e. The molecule has 6 nitrogen and oxygen atoms in total. The summed E-state index contributed by atoms with van der Waals surface area (Å²) in [7, 11) is 2.75. The van der Waals surface area contributed by atoms with Crippen LogP contribution in [0.5, 0.6) is 23.0 Å². The van der Waals surface area contributed by atoms with Crippen molar-refractivity contribution in [1.82, 2.24) is 0 Å². The van der Waals surface area contributed by atoms with Crippen LogP contribution in [0.4, 0.5) is 8.78 Å². The Labute approximate surface area is 165 Å². The fraction of sp³-hybridized carbons (Fsp3) is 0.316. The van der Waals surface area contributed by atoms with Gasteiger partial charge in [-0.3, -0.25) is 0 Å². The molecule has 0 saturated carbocycles. The molecule has 0 amide bonds. The molecule has 0 aliphatic heterocycles. The number of methoxy groups -OCH3 is 2. The first-order chi connectivity index (χ1) is 13.4. The number of carbonyl (C=O) groups is 1. The van der Waals surface area contributed by atoms with Gasteiger partial charge in [-0.1, -0.05) is 17.7 Å². The van der Waals surface area contributed by atoms with E-state index in [9.17, 15) is 13.6 Å². The summed E-state index contributed by atoms with van der Waals surface area (Å²) in [5.41, 5.74) is 0.700. The van der Waals surface area contributed by atoms with Crippen LogP contribution in [0.25, 0.3) is 0 Å². The van der Waals surface area contributed by atoms with E-state index >= 15 is 0 Å². The first kappa shape index (κ1) is 21.6. The van der Waals surface area contributed by atoms with Gasteiger partial charge in [0.2, 0.25) is 0 Å². The largest absolute Gasteiger partial charge is 0.493 e. The van der Waals surface area contributed by atoms with E-state index < -0.39 is 12.6 Å². The third-order valence-corrected chi connectivity index (χ3v) is 3.85. The smallest absolute Gasteiger partial charge is 0.387 e. The van der Waals surface area contributed by atoms with E-state index in [1.54, 1.807) is 6.92 Å². The van der Waals surface area contributed by atoms with Gasteiger partial charge in [-0.05, 0) is 36.8 Å². The van der Waals surface area contributed by atoms with Crippen molar-refractivity contribution < 1.29 is 37.3 Å². The van der Waals surface area contributed by atoms with Crippen LogP contribution in [0.15, 0.2) is 30.3 Å². The van der Waals surface area contributed by atoms with Crippen LogP contribution in [0.3, 0.4) is 0 Å². The zero-order valence-electron chi connectivity index (χ0n) is 15.5. The van der Waals surface area contributed by atoms with Gasteiger partial charge >= 0.3 is 12.6 Å². The number of benzene rings is 2. The van der Waals surface area contributed by atoms with Crippen molar-refractivity contribution in [1.29, 1.82) is 0 Å². The van der Waals surface area contributed by atoms with Gasteiger partial charge in [0.05, 0.1) is 31.4 Å². The average Bonchev–Trinajstić information content (AvgIpc) is 2.67. The summed E-state index contributed by atoms with van der Waals surface area (Å²) in [6.07, 6.45) is 0. The number of rotatable bonds is 9. The van der Waals surface area contributed by atoms with Crippen molar-refractivity contribution in [3.8, 4) is 23.0 Å². The molecule has 0 aliphatic rings. The minimum absolute atomic E-state index is 0.0969. The standard InChI is InChI=1S/C19H19ClF2O6/c1-4-26-17-13(20)8-12(9-16(17)25-3)18(23)27-10-11-5-6-14(28-19(21)22)15(7-11)24-2/h5-9,19H,4,10H2,1-3H3. The molecule has 152 valence electrons. The lowest BCUT2D eigenvalue weighted by Crippen LogP contribution is -2.07. The number of hydrogen-bond donors (Lipinski definition) is 0. The summed E-state index contributed by atoms with van der Waals surface area (Å²) in [4.78, 5) is 12.3. The minimum atomic E-state index is -2.98. The normalized spacial score (nSPS) is 10.5. The maximum absolute atomic E-state index is 12.4. The second-order valence-electron chi connectivity index (χ2n) is 5.36. The zero-order chi connectivity index (χ0) is 20.7. The predicted molar refractivity (Wildman–Crippen MR) is 97.9 cm³/mol. The van der Waals surface area contributed by atoms with Crippen molar-refractivity contribution in [2.24, 2.45) is 0 Å². The lowest BCUT2D eigenvalue weighted by molar-refractivity contribution is -0.0512. The Morgan fingerprint density at radius 3 is 2.39 bits per heavy atom. The first-order valence-corrected chi connectivity index (χ1v) is 8.56. The second kappa shape index (κ2) is 9.98. The summed E-state index contributed by atoms with van der Waals surface area (Å²) < 4.78 is 50.0. The number of esters is 1. The number of hydrogen-bond acceptors (Lipinski definition) is 6. The van der Waals surface area contributed by atoms with Crippen LogP contribution < -0.4 is 18.9 Å². The Balaban J connectivity index is 2.12. The van der Waals surface area contributed by atoms with Crippen LogP contribution in [0.1, 0.15) is 22.8 Å². The molecule has 0 fully saturated rings. The molecule has 0 bridgehead atoms. The number of alkyl halides is 2. The highest BCUT2D eigenvalue weighted by molar-refractivity contribution is 6.32. The molecule has 0 saturated heterocycles. The molecule has 0 radical (unpaired) electrons. The molecule has 0 aromatic heterocycles. The maximum Gasteiger partial charge on any atom is 0.387 e. The van der Waals surface area contributed by atoms with Gasteiger partial charge in [0.25, 0.3) is 0 Å². The van der Waals surface area contributed by atoms with E-state index in [-0.39, 0.29) is 28.7 Å². The molecule has 2 aromatic carbocycles. The van der Waals surface area contributed by atoms with Crippen LogP contribution in [0, 0.1) is 0 Å². The van der Waals surface area contributed by atoms with Crippen LogP contribution in [-0.2, 0) is 11.3 Å². The molecule has 0 heterocycles. The van der Waals surface area contributed by atoms with E-state index in [4.69, 9.17) is 30.5 Å². The quantitative estimate of drug-likeness (QED) is 0.551. The fourth-order valence-corrected chi connectivity index (χ4v) is 2.61. The molecule has 0 unspecified atom stereocenters. The maximum atomic E-state index is 12.4. The summed E-state index contributed by atoms with van der Waals surface area (Å²) in [5.74, 6) is -0.0237. The van der Waals surface area contributed by atoms with Gasteiger partial charge in [-0.25, -0.2) is 4.79 Å². The lowest BCUT2D eigenvalue weighted by atomic mass is 10.2. The van der Waals surface area contributed by atoms with E-state index in [0.717, 1.165) is 0 Å². The predicted octanol–water partition coefficient (Wildman–Crippen LogP) is 4.71.